The van der Waals surface area contributed by atoms with Crippen LogP contribution in [0.1, 0.15) is 11.1 Å². The van der Waals surface area contributed by atoms with Gasteiger partial charge in [0, 0.05) is 11.1 Å². The topological polar surface area (TPSA) is 38.9 Å². The molecule has 0 unspecified atom stereocenters. The average molecular weight is 350 g/mol. The zero-order valence-corrected chi connectivity index (χ0v) is 15.6. The Morgan fingerprint density at radius 2 is 1.19 bits per heavy atom. The Morgan fingerprint density at radius 3 is 1.78 bits per heavy atom. The van der Waals surface area contributed by atoms with Crippen LogP contribution in [0, 0.1) is 13.8 Å². The highest BCUT2D eigenvalue weighted by atomic mass is 14.8. The SMILES string of the molecule is Cc1ccc(-c2nc(N)cc(-c3ccccc3)c2-c2ccc(C)cc2)cc1. The van der Waals surface area contributed by atoms with Gasteiger partial charge in [-0.15, -0.1) is 0 Å². The highest BCUT2D eigenvalue weighted by molar-refractivity contribution is 5.94. The second-order valence-corrected chi connectivity index (χ2v) is 6.92. The molecule has 0 aliphatic heterocycles. The Balaban J connectivity index is 2.04. The number of hydrogen-bond donors (Lipinski definition) is 1. The first-order valence-electron chi connectivity index (χ1n) is 9.12. The van der Waals surface area contributed by atoms with E-state index in [2.05, 4.69) is 86.6 Å². The minimum atomic E-state index is 0.528. The summed E-state index contributed by atoms with van der Waals surface area (Å²) in [5, 5.41) is 0. The van der Waals surface area contributed by atoms with Gasteiger partial charge in [0.05, 0.1) is 5.69 Å². The van der Waals surface area contributed by atoms with Crippen molar-refractivity contribution in [1.29, 1.82) is 0 Å². The van der Waals surface area contributed by atoms with Crippen molar-refractivity contribution in [1.82, 2.24) is 4.98 Å². The molecule has 0 atom stereocenters. The van der Waals surface area contributed by atoms with Gasteiger partial charge in [0.25, 0.3) is 0 Å². The number of aryl methyl sites for hydroxylation is 2. The van der Waals surface area contributed by atoms with Crippen molar-refractivity contribution in [3.05, 3.63) is 96.1 Å². The van der Waals surface area contributed by atoms with Crippen LogP contribution in [-0.2, 0) is 0 Å². The summed E-state index contributed by atoms with van der Waals surface area (Å²) in [5.74, 6) is 0.528. The summed E-state index contributed by atoms with van der Waals surface area (Å²) in [6, 6.07) is 29.4. The highest BCUT2D eigenvalue weighted by Gasteiger charge is 2.16. The predicted octanol–water partition coefficient (Wildman–Crippen LogP) is 6.28. The fraction of sp³-hybridized carbons (Fsp3) is 0.0800. The van der Waals surface area contributed by atoms with E-state index >= 15 is 0 Å². The molecule has 3 aromatic carbocycles. The number of rotatable bonds is 3. The molecule has 0 spiro atoms. The van der Waals surface area contributed by atoms with E-state index in [0.29, 0.717) is 5.82 Å². The Morgan fingerprint density at radius 1 is 0.630 bits per heavy atom. The molecule has 0 amide bonds. The molecule has 0 aliphatic rings. The van der Waals surface area contributed by atoms with E-state index in [1.54, 1.807) is 0 Å². The molecule has 4 aromatic rings. The Hall–Kier alpha value is -3.39. The molecule has 27 heavy (non-hydrogen) atoms. The number of anilines is 1. The van der Waals surface area contributed by atoms with E-state index in [4.69, 9.17) is 10.7 Å². The molecule has 4 rings (SSSR count). The molecule has 0 saturated heterocycles. The monoisotopic (exact) mass is 350 g/mol. The molecule has 132 valence electrons. The van der Waals surface area contributed by atoms with Crippen LogP contribution in [0.4, 0.5) is 5.82 Å². The molecule has 0 bridgehead atoms. The molecule has 0 saturated carbocycles. The smallest absolute Gasteiger partial charge is 0.124 e. The van der Waals surface area contributed by atoms with E-state index in [1.165, 1.54) is 11.1 Å². The van der Waals surface area contributed by atoms with Gasteiger partial charge in [0.1, 0.15) is 5.82 Å². The number of benzene rings is 3. The van der Waals surface area contributed by atoms with Crippen molar-refractivity contribution in [2.45, 2.75) is 13.8 Å². The summed E-state index contributed by atoms with van der Waals surface area (Å²) in [7, 11) is 0. The van der Waals surface area contributed by atoms with E-state index in [0.717, 1.165) is 33.5 Å². The van der Waals surface area contributed by atoms with E-state index in [9.17, 15) is 0 Å². The molecular weight excluding hydrogens is 328 g/mol. The lowest BCUT2D eigenvalue weighted by Gasteiger charge is -2.17. The number of nitrogen functional groups attached to an aromatic ring is 1. The first kappa shape index (κ1) is 17.0. The molecule has 1 heterocycles. The van der Waals surface area contributed by atoms with Crippen LogP contribution >= 0.6 is 0 Å². The summed E-state index contributed by atoms with van der Waals surface area (Å²) < 4.78 is 0. The molecule has 0 fully saturated rings. The first-order valence-corrected chi connectivity index (χ1v) is 9.12. The maximum atomic E-state index is 6.22. The van der Waals surface area contributed by atoms with Crippen molar-refractivity contribution in [2.24, 2.45) is 0 Å². The predicted molar refractivity (Wildman–Crippen MR) is 114 cm³/mol. The van der Waals surface area contributed by atoms with Crippen LogP contribution in [0.25, 0.3) is 33.5 Å². The van der Waals surface area contributed by atoms with E-state index < -0.39 is 0 Å². The van der Waals surface area contributed by atoms with Crippen LogP contribution < -0.4 is 5.73 Å². The molecule has 2 nitrogen and oxygen atoms in total. The van der Waals surface area contributed by atoms with Crippen LogP contribution in [0.5, 0.6) is 0 Å². The van der Waals surface area contributed by atoms with Crippen molar-refractivity contribution in [3.63, 3.8) is 0 Å². The Kier molecular flexibility index (Phi) is 4.47. The maximum Gasteiger partial charge on any atom is 0.124 e. The van der Waals surface area contributed by atoms with Crippen molar-refractivity contribution in [3.8, 4) is 33.5 Å². The molecule has 1 aromatic heterocycles. The quantitative estimate of drug-likeness (QED) is 0.472. The minimum absolute atomic E-state index is 0.528. The lowest BCUT2D eigenvalue weighted by Crippen LogP contribution is -1.99. The van der Waals surface area contributed by atoms with Gasteiger partial charge in [-0.05, 0) is 36.6 Å². The maximum absolute atomic E-state index is 6.22. The third kappa shape index (κ3) is 3.47. The van der Waals surface area contributed by atoms with Gasteiger partial charge in [0.15, 0.2) is 0 Å². The summed E-state index contributed by atoms with van der Waals surface area (Å²) >= 11 is 0. The van der Waals surface area contributed by atoms with Crippen LogP contribution in [0.2, 0.25) is 0 Å². The molecule has 2 N–H and O–H groups in total. The summed E-state index contributed by atoms with van der Waals surface area (Å²) in [6.07, 6.45) is 0. The number of nitrogens with two attached hydrogens (primary N) is 1. The molecule has 0 aliphatic carbocycles. The zero-order chi connectivity index (χ0) is 18.8. The second kappa shape index (κ2) is 7.08. The largest absolute Gasteiger partial charge is 0.384 e. The van der Waals surface area contributed by atoms with Gasteiger partial charge < -0.3 is 5.73 Å². The van der Waals surface area contributed by atoms with Crippen LogP contribution in [0.3, 0.4) is 0 Å². The number of pyridine rings is 1. The zero-order valence-electron chi connectivity index (χ0n) is 15.6. The lowest BCUT2D eigenvalue weighted by molar-refractivity contribution is 1.32. The van der Waals surface area contributed by atoms with E-state index in [-0.39, 0.29) is 0 Å². The third-order valence-corrected chi connectivity index (χ3v) is 4.79. The van der Waals surface area contributed by atoms with Gasteiger partial charge in [-0.3, -0.25) is 0 Å². The second-order valence-electron chi connectivity index (χ2n) is 6.92. The Bertz CT molecular complexity index is 1060. The number of nitrogens with zero attached hydrogens (tertiary/aromatic N) is 1. The average Bonchev–Trinajstić information content (AvgIpc) is 2.69. The fourth-order valence-corrected chi connectivity index (χ4v) is 3.34. The van der Waals surface area contributed by atoms with Gasteiger partial charge in [-0.25, -0.2) is 4.98 Å². The van der Waals surface area contributed by atoms with Crippen molar-refractivity contribution >= 4 is 5.82 Å². The minimum Gasteiger partial charge on any atom is -0.384 e. The normalized spacial score (nSPS) is 10.7. The summed E-state index contributed by atoms with van der Waals surface area (Å²) in [6.45, 7) is 4.19. The van der Waals surface area contributed by atoms with Crippen LogP contribution in [0.15, 0.2) is 84.9 Å². The first-order chi connectivity index (χ1) is 13.1. The standard InChI is InChI=1S/C25H22N2/c1-17-8-12-20(13-9-17)24-22(19-6-4-3-5-7-19)16-23(26)27-25(24)21-14-10-18(2)11-15-21/h3-16H,1-2H3,(H2,26,27). The molecule has 2 heteroatoms. The highest BCUT2D eigenvalue weighted by Crippen LogP contribution is 2.40. The fourth-order valence-electron chi connectivity index (χ4n) is 3.34. The van der Waals surface area contributed by atoms with Gasteiger partial charge in [-0.1, -0.05) is 90.0 Å². The van der Waals surface area contributed by atoms with Crippen molar-refractivity contribution < 1.29 is 0 Å². The van der Waals surface area contributed by atoms with E-state index in [1.807, 2.05) is 12.1 Å². The van der Waals surface area contributed by atoms with Crippen LogP contribution in [-0.4, -0.2) is 4.98 Å². The van der Waals surface area contributed by atoms with Crippen molar-refractivity contribution in [2.75, 3.05) is 5.73 Å². The van der Waals surface area contributed by atoms with Gasteiger partial charge in [-0.2, -0.15) is 0 Å². The summed E-state index contributed by atoms with van der Waals surface area (Å²) in [4.78, 5) is 4.74. The molecular formula is C25H22N2. The lowest BCUT2D eigenvalue weighted by atomic mass is 9.90. The third-order valence-electron chi connectivity index (χ3n) is 4.79. The molecule has 0 radical (unpaired) electrons. The number of aromatic nitrogens is 1. The van der Waals surface area contributed by atoms with Gasteiger partial charge >= 0.3 is 0 Å². The number of hydrogen-bond acceptors (Lipinski definition) is 2. The Labute approximate surface area is 160 Å². The summed E-state index contributed by atoms with van der Waals surface area (Å²) in [5.41, 5.74) is 15.2. The van der Waals surface area contributed by atoms with Gasteiger partial charge in [0.2, 0.25) is 0 Å².